The molecule has 0 spiro atoms. The van der Waals surface area contributed by atoms with Crippen LogP contribution in [0.4, 0.5) is 4.39 Å². The van der Waals surface area contributed by atoms with Gasteiger partial charge in [0.1, 0.15) is 5.82 Å². The summed E-state index contributed by atoms with van der Waals surface area (Å²) in [6.07, 6.45) is 1.72. The molecule has 0 aliphatic carbocycles. The number of aryl methyl sites for hydroxylation is 1. The van der Waals surface area contributed by atoms with Crippen LogP contribution in [-0.4, -0.2) is 32.6 Å². The number of nitrogens with zero attached hydrogens (tertiary/aromatic N) is 4. The van der Waals surface area contributed by atoms with Crippen molar-refractivity contribution in [3.05, 3.63) is 59.2 Å². The average Bonchev–Trinajstić information content (AvgIpc) is 2.98. The predicted molar refractivity (Wildman–Crippen MR) is 94.8 cm³/mol. The molecule has 3 rings (SSSR count). The van der Waals surface area contributed by atoms with Gasteiger partial charge in [-0.25, -0.2) is 14.1 Å². The van der Waals surface area contributed by atoms with Crippen molar-refractivity contribution in [3.63, 3.8) is 0 Å². The van der Waals surface area contributed by atoms with Gasteiger partial charge in [-0.15, -0.1) is 0 Å². The third kappa shape index (κ3) is 3.24. The van der Waals surface area contributed by atoms with Gasteiger partial charge in [-0.3, -0.25) is 4.79 Å². The lowest BCUT2D eigenvalue weighted by Crippen LogP contribution is -2.27. The van der Waals surface area contributed by atoms with Gasteiger partial charge in [0.2, 0.25) is 0 Å². The zero-order chi connectivity index (χ0) is 18.1. The van der Waals surface area contributed by atoms with E-state index in [9.17, 15) is 9.18 Å². The van der Waals surface area contributed by atoms with Gasteiger partial charge >= 0.3 is 0 Å². The van der Waals surface area contributed by atoms with Gasteiger partial charge < -0.3 is 4.90 Å². The van der Waals surface area contributed by atoms with Crippen LogP contribution in [-0.2, 0) is 6.54 Å². The maximum atomic E-state index is 13.8. The maximum absolute atomic E-state index is 13.8. The van der Waals surface area contributed by atoms with E-state index in [4.69, 9.17) is 0 Å². The Kier molecular flexibility index (Phi) is 4.53. The highest BCUT2D eigenvalue weighted by Crippen LogP contribution is 2.21. The molecule has 0 aliphatic rings. The fourth-order valence-corrected chi connectivity index (χ4v) is 2.82. The van der Waals surface area contributed by atoms with Crippen molar-refractivity contribution in [3.8, 4) is 0 Å². The number of hydrogen-bond donors (Lipinski definition) is 0. The first-order valence-corrected chi connectivity index (χ1v) is 8.22. The fraction of sp³-hybridized carbons (Fsp3) is 0.316. The third-order valence-electron chi connectivity index (χ3n) is 4.19. The third-order valence-corrected chi connectivity index (χ3v) is 4.19. The number of fused-ring (bicyclic) bond motifs is 1. The van der Waals surface area contributed by atoms with Crippen LogP contribution >= 0.6 is 0 Å². The van der Waals surface area contributed by atoms with E-state index < -0.39 is 0 Å². The van der Waals surface area contributed by atoms with Crippen LogP contribution in [0.25, 0.3) is 11.0 Å². The Hall–Kier alpha value is -2.76. The summed E-state index contributed by atoms with van der Waals surface area (Å²) in [7, 11) is 1.66. The quantitative estimate of drug-likeness (QED) is 0.727. The lowest BCUT2D eigenvalue weighted by molar-refractivity contribution is 0.0783. The summed E-state index contributed by atoms with van der Waals surface area (Å²) in [5.74, 6) is -0.502. The Morgan fingerprint density at radius 1 is 1.32 bits per heavy atom. The SMILES string of the molecule is Cc1nc2c(cnn2C(C)C)cc1C(=O)N(C)Cc1ccccc1F. The number of pyridine rings is 1. The minimum absolute atomic E-state index is 0.188. The Morgan fingerprint density at radius 2 is 2.04 bits per heavy atom. The van der Waals surface area contributed by atoms with E-state index in [1.807, 2.05) is 24.6 Å². The van der Waals surface area contributed by atoms with E-state index in [1.165, 1.54) is 11.0 Å². The van der Waals surface area contributed by atoms with Crippen molar-refractivity contribution in [2.45, 2.75) is 33.4 Å². The van der Waals surface area contributed by atoms with E-state index in [0.717, 1.165) is 11.0 Å². The number of carbonyl (C=O) groups excluding carboxylic acids is 1. The summed E-state index contributed by atoms with van der Waals surface area (Å²) in [6.45, 7) is 6.07. The lowest BCUT2D eigenvalue weighted by Gasteiger charge is -2.19. The van der Waals surface area contributed by atoms with Crippen molar-refractivity contribution in [2.75, 3.05) is 7.05 Å². The second-order valence-corrected chi connectivity index (χ2v) is 6.47. The lowest BCUT2D eigenvalue weighted by atomic mass is 10.1. The van der Waals surface area contributed by atoms with Crippen LogP contribution in [0.5, 0.6) is 0 Å². The molecule has 0 radical (unpaired) electrons. The molecule has 0 aliphatic heterocycles. The molecule has 25 heavy (non-hydrogen) atoms. The van der Waals surface area contributed by atoms with Gasteiger partial charge in [0.05, 0.1) is 17.5 Å². The molecule has 0 atom stereocenters. The standard InChI is InChI=1S/C19H21FN4O/c1-12(2)24-18-15(10-21-24)9-16(13(3)22-18)19(25)23(4)11-14-7-5-6-8-17(14)20/h5-10,12H,11H2,1-4H3. The minimum Gasteiger partial charge on any atom is -0.337 e. The van der Waals surface area contributed by atoms with Crippen molar-refractivity contribution < 1.29 is 9.18 Å². The highest BCUT2D eigenvalue weighted by Gasteiger charge is 2.19. The topological polar surface area (TPSA) is 51.0 Å². The molecule has 0 N–H and O–H groups in total. The summed E-state index contributed by atoms with van der Waals surface area (Å²) < 4.78 is 15.7. The van der Waals surface area contributed by atoms with Crippen molar-refractivity contribution in [2.24, 2.45) is 0 Å². The van der Waals surface area contributed by atoms with Crippen LogP contribution in [0.2, 0.25) is 0 Å². The molecule has 1 aromatic carbocycles. The molecule has 0 fully saturated rings. The summed E-state index contributed by atoms with van der Waals surface area (Å²) >= 11 is 0. The highest BCUT2D eigenvalue weighted by atomic mass is 19.1. The molecule has 2 aromatic heterocycles. The zero-order valence-corrected chi connectivity index (χ0v) is 14.8. The average molecular weight is 340 g/mol. The van der Waals surface area contributed by atoms with Gasteiger partial charge in [-0.1, -0.05) is 18.2 Å². The van der Waals surface area contributed by atoms with E-state index in [2.05, 4.69) is 10.1 Å². The number of amides is 1. The number of halogens is 1. The van der Waals surface area contributed by atoms with Gasteiger partial charge in [0.15, 0.2) is 5.65 Å². The second kappa shape index (κ2) is 6.63. The smallest absolute Gasteiger partial charge is 0.255 e. The first kappa shape index (κ1) is 17.1. The predicted octanol–water partition coefficient (Wildman–Crippen LogP) is 3.73. The monoisotopic (exact) mass is 340 g/mol. The summed E-state index contributed by atoms with van der Waals surface area (Å²) in [4.78, 5) is 18.9. The highest BCUT2D eigenvalue weighted by molar-refractivity contribution is 5.98. The molecule has 3 aromatic rings. The van der Waals surface area contributed by atoms with Gasteiger partial charge in [0.25, 0.3) is 5.91 Å². The Labute approximate surface area is 146 Å². The molecule has 0 unspecified atom stereocenters. The second-order valence-electron chi connectivity index (χ2n) is 6.47. The van der Waals surface area contributed by atoms with Crippen LogP contribution in [0.3, 0.4) is 0 Å². The Bertz CT molecular complexity index is 932. The number of rotatable bonds is 4. The van der Waals surface area contributed by atoms with E-state index in [0.29, 0.717) is 16.8 Å². The van der Waals surface area contributed by atoms with Crippen LogP contribution in [0, 0.1) is 12.7 Å². The molecule has 130 valence electrons. The molecule has 0 bridgehead atoms. The van der Waals surface area contributed by atoms with Crippen LogP contribution < -0.4 is 0 Å². The molecular weight excluding hydrogens is 319 g/mol. The number of hydrogen-bond acceptors (Lipinski definition) is 3. The summed E-state index contributed by atoms with van der Waals surface area (Å²) in [5.41, 5.74) is 2.40. The first-order chi connectivity index (χ1) is 11.9. The summed E-state index contributed by atoms with van der Waals surface area (Å²) in [5, 5.41) is 5.16. The molecule has 6 heteroatoms. The van der Waals surface area contributed by atoms with Crippen molar-refractivity contribution in [1.29, 1.82) is 0 Å². The molecule has 5 nitrogen and oxygen atoms in total. The van der Waals surface area contributed by atoms with Crippen LogP contribution in [0.15, 0.2) is 36.5 Å². The van der Waals surface area contributed by atoms with Gasteiger partial charge in [-0.2, -0.15) is 5.10 Å². The van der Waals surface area contributed by atoms with Crippen molar-refractivity contribution >= 4 is 16.9 Å². The largest absolute Gasteiger partial charge is 0.337 e. The molecule has 2 heterocycles. The zero-order valence-electron chi connectivity index (χ0n) is 14.8. The van der Waals surface area contributed by atoms with Gasteiger partial charge in [0, 0.05) is 30.6 Å². The fourth-order valence-electron chi connectivity index (χ4n) is 2.82. The molecular formula is C19H21FN4O. The normalized spacial score (nSPS) is 11.3. The van der Waals surface area contributed by atoms with Crippen LogP contribution in [0.1, 0.15) is 41.5 Å². The van der Waals surface area contributed by atoms with Crippen molar-refractivity contribution in [1.82, 2.24) is 19.7 Å². The number of carbonyl (C=O) groups is 1. The number of aromatic nitrogens is 3. The Balaban J connectivity index is 1.91. The molecule has 0 saturated heterocycles. The first-order valence-electron chi connectivity index (χ1n) is 8.22. The number of benzene rings is 1. The van der Waals surface area contributed by atoms with E-state index in [-0.39, 0.29) is 24.3 Å². The minimum atomic E-state index is -0.314. The summed E-state index contributed by atoms with van der Waals surface area (Å²) in [6, 6.07) is 8.47. The van der Waals surface area contributed by atoms with Gasteiger partial charge in [-0.05, 0) is 32.9 Å². The Morgan fingerprint density at radius 3 is 2.72 bits per heavy atom. The maximum Gasteiger partial charge on any atom is 0.255 e. The van der Waals surface area contributed by atoms with E-state index >= 15 is 0 Å². The molecule has 0 saturated carbocycles. The van der Waals surface area contributed by atoms with E-state index in [1.54, 1.807) is 38.4 Å². The molecule has 1 amide bonds.